The third-order valence-electron chi connectivity index (χ3n) is 1.77. The first-order chi connectivity index (χ1) is 6.58. The Bertz CT molecular complexity index is 352. The van der Waals surface area contributed by atoms with Crippen molar-refractivity contribution in [1.82, 2.24) is 0 Å². The van der Waals surface area contributed by atoms with Gasteiger partial charge in [-0.15, -0.1) is 0 Å². The molecule has 1 aromatic carbocycles. The number of hydrogen-bond donors (Lipinski definition) is 1. The van der Waals surface area contributed by atoms with Crippen LogP contribution in [0.1, 0.15) is 12.5 Å². The molecule has 3 heteroatoms. The van der Waals surface area contributed by atoms with Gasteiger partial charge in [-0.3, -0.25) is 0 Å². The fourth-order valence-electron chi connectivity index (χ4n) is 1.19. The van der Waals surface area contributed by atoms with Gasteiger partial charge in [0, 0.05) is 11.1 Å². The molecule has 0 spiro atoms. The Hall–Kier alpha value is -1.28. The van der Waals surface area contributed by atoms with Gasteiger partial charge in [0.1, 0.15) is 0 Å². The van der Waals surface area contributed by atoms with Crippen LogP contribution in [0, 0.1) is 0 Å². The van der Waals surface area contributed by atoms with E-state index in [2.05, 4.69) is 0 Å². The minimum atomic E-state index is -0.906. The third-order valence-corrected chi connectivity index (χ3v) is 2.02. The summed E-state index contributed by atoms with van der Waals surface area (Å²) < 4.78 is 0. The Labute approximate surface area is 87.8 Å². The zero-order valence-corrected chi connectivity index (χ0v) is 8.58. The van der Waals surface area contributed by atoms with Gasteiger partial charge in [0.15, 0.2) is 0 Å². The second-order valence-electron chi connectivity index (χ2n) is 3.13. The maximum Gasteiger partial charge on any atom is 0.328 e. The summed E-state index contributed by atoms with van der Waals surface area (Å²) in [5.41, 5.74) is 1.88. The van der Waals surface area contributed by atoms with Gasteiger partial charge >= 0.3 is 5.97 Å². The molecule has 0 aliphatic rings. The predicted molar refractivity (Wildman–Crippen MR) is 56.5 cm³/mol. The Morgan fingerprint density at radius 1 is 1.43 bits per heavy atom. The first-order valence-corrected chi connectivity index (χ1v) is 4.60. The first kappa shape index (κ1) is 10.8. The quantitative estimate of drug-likeness (QED) is 0.779. The molecule has 0 aliphatic carbocycles. The lowest BCUT2D eigenvalue weighted by Crippen LogP contribution is -1.93. The van der Waals surface area contributed by atoms with E-state index in [0.29, 0.717) is 11.4 Å². The molecule has 0 atom stereocenters. The summed E-state index contributed by atoms with van der Waals surface area (Å²) >= 11 is 5.72. The van der Waals surface area contributed by atoms with Crippen molar-refractivity contribution >= 4 is 17.6 Å². The normalized spacial score (nSPS) is 11.4. The van der Waals surface area contributed by atoms with Gasteiger partial charge in [-0.1, -0.05) is 29.3 Å². The molecular formula is C11H11ClO2. The van der Waals surface area contributed by atoms with Crippen LogP contribution in [-0.2, 0) is 11.2 Å². The van der Waals surface area contributed by atoms with Gasteiger partial charge in [0.05, 0.1) is 0 Å². The molecule has 1 rings (SSSR count). The summed E-state index contributed by atoms with van der Waals surface area (Å²) in [6, 6.07) is 7.37. The van der Waals surface area contributed by atoms with Crippen LogP contribution in [0.2, 0.25) is 5.02 Å². The van der Waals surface area contributed by atoms with Crippen molar-refractivity contribution < 1.29 is 9.90 Å². The molecule has 0 amide bonds. The number of hydrogen-bond acceptors (Lipinski definition) is 1. The number of aliphatic carboxylic acids is 1. The number of benzene rings is 1. The van der Waals surface area contributed by atoms with Crippen LogP contribution in [0.25, 0.3) is 0 Å². The zero-order chi connectivity index (χ0) is 10.6. The summed E-state index contributed by atoms with van der Waals surface area (Å²) in [6.07, 6.45) is 1.86. The van der Waals surface area contributed by atoms with E-state index >= 15 is 0 Å². The Kier molecular flexibility index (Phi) is 3.72. The molecular weight excluding hydrogens is 200 g/mol. The number of carboxylic acid groups (broad SMARTS) is 1. The summed E-state index contributed by atoms with van der Waals surface area (Å²) in [7, 11) is 0. The van der Waals surface area contributed by atoms with E-state index in [1.165, 1.54) is 6.08 Å². The Morgan fingerprint density at radius 2 is 2.00 bits per heavy atom. The summed E-state index contributed by atoms with van der Waals surface area (Å²) in [5.74, 6) is -0.906. The molecule has 0 bridgehead atoms. The fourth-order valence-corrected chi connectivity index (χ4v) is 1.31. The molecule has 0 heterocycles. The number of carboxylic acids is 1. The molecule has 0 saturated heterocycles. The van der Waals surface area contributed by atoms with Crippen molar-refractivity contribution in [3.63, 3.8) is 0 Å². The molecule has 0 fully saturated rings. The van der Waals surface area contributed by atoms with E-state index in [9.17, 15) is 4.79 Å². The van der Waals surface area contributed by atoms with Crippen molar-refractivity contribution in [2.75, 3.05) is 0 Å². The Balaban J connectivity index is 2.69. The number of halogens is 1. The smallest absolute Gasteiger partial charge is 0.328 e. The lowest BCUT2D eigenvalue weighted by Gasteiger charge is -2.00. The lowest BCUT2D eigenvalue weighted by atomic mass is 10.1. The van der Waals surface area contributed by atoms with Crippen molar-refractivity contribution in [3.8, 4) is 0 Å². The molecule has 1 N–H and O–H groups in total. The van der Waals surface area contributed by atoms with Crippen LogP contribution in [0.5, 0.6) is 0 Å². The number of carbonyl (C=O) groups is 1. The molecule has 0 aromatic heterocycles. The highest BCUT2D eigenvalue weighted by Gasteiger charge is 1.97. The summed E-state index contributed by atoms with van der Waals surface area (Å²) in [6.45, 7) is 1.79. The molecule has 0 unspecified atom stereocenters. The maximum absolute atomic E-state index is 10.4. The second-order valence-corrected chi connectivity index (χ2v) is 3.57. The second kappa shape index (κ2) is 4.82. The van der Waals surface area contributed by atoms with Crippen LogP contribution in [0.15, 0.2) is 35.9 Å². The SMILES string of the molecule is C/C(=C\C(=O)O)Cc1ccc(Cl)cc1. The highest BCUT2D eigenvalue weighted by molar-refractivity contribution is 6.30. The lowest BCUT2D eigenvalue weighted by molar-refractivity contribution is -0.131. The van der Waals surface area contributed by atoms with E-state index in [-0.39, 0.29) is 0 Å². The van der Waals surface area contributed by atoms with Crippen molar-refractivity contribution in [1.29, 1.82) is 0 Å². The standard InChI is InChI=1S/C11H11ClO2/c1-8(7-11(13)14)6-9-2-4-10(12)5-3-9/h2-5,7H,6H2,1H3,(H,13,14)/b8-7+. The van der Waals surface area contributed by atoms with Gasteiger partial charge < -0.3 is 5.11 Å². The van der Waals surface area contributed by atoms with E-state index < -0.39 is 5.97 Å². The zero-order valence-electron chi connectivity index (χ0n) is 7.83. The highest BCUT2D eigenvalue weighted by atomic mass is 35.5. The van der Waals surface area contributed by atoms with E-state index in [1.54, 1.807) is 19.1 Å². The molecule has 1 aromatic rings. The van der Waals surface area contributed by atoms with Crippen LogP contribution in [-0.4, -0.2) is 11.1 Å². The number of allylic oxidation sites excluding steroid dienone is 1. The topological polar surface area (TPSA) is 37.3 Å². The largest absolute Gasteiger partial charge is 0.478 e. The van der Waals surface area contributed by atoms with E-state index in [0.717, 1.165) is 11.1 Å². The Morgan fingerprint density at radius 3 is 2.50 bits per heavy atom. The van der Waals surface area contributed by atoms with Gasteiger partial charge in [-0.25, -0.2) is 4.79 Å². The van der Waals surface area contributed by atoms with E-state index in [1.807, 2.05) is 12.1 Å². The van der Waals surface area contributed by atoms with Gasteiger partial charge in [0.2, 0.25) is 0 Å². The first-order valence-electron chi connectivity index (χ1n) is 4.22. The fraction of sp³-hybridized carbons (Fsp3) is 0.182. The monoisotopic (exact) mass is 210 g/mol. The van der Waals surface area contributed by atoms with Crippen LogP contribution in [0.4, 0.5) is 0 Å². The predicted octanol–water partition coefficient (Wildman–Crippen LogP) is 2.91. The highest BCUT2D eigenvalue weighted by Crippen LogP contribution is 2.12. The summed E-state index contributed by atoms with van der Waals surface area (Å²) in [4.78, 5) is 10.4. The van der Waals surface area contributed by atoms with Crippen molar-refractivity contribution in [3.05, 3.63) is 46.5 Å². The average molecular weight is 211 g/mol. The average Bonchev–Trinajstić information content (AvgIpc) is 2.07. The third kappa shape index (κ3) is 3.62. The molecule has 0 saturated carbocycles. The summed E-state index contributed by atoms with van der Waals surface area (Å²) in [5, 5.41) is 9.20. The van der Waals surface area contributed by atoms with Gasteiger partial charge in [0.25, 0.3) is 0 Å². The van der Waals surface area contributed by atoms with Crippen LogP contribution >= 0.6 is 11.6 Å². The maximum atomic E-state index is 10.4. The minimum absolute atomic E-state index is 0.642. The van der Waals surface area contributed by atoms with Crippen molar-refractivity contribution in [2.45, 2.75) is 13.3 Å². The van der Waals surface area contributed by atoms with Gasteiger partial charge in [-0.2, -0.15) is 0 Å². The molecule has 0 radical (unpaired) electrons. The molecule has 0 aliphatic heterocycles. The molecule has 74 valence electrons. The minimum Gasteiger partial charge on any atom is -0.478 e. The molecule has 2 nitrogen and oxygen atoms in total. The van der Waals surface area contributed by atoms with Gasteiger partial charge in [-0.05, 0) is 31.0 Å². The van der Waals surface area contributed by atoms with Crippen LogP contribution < -0.4 is 0 Å². The van der Waals surface area contributed by atoms with Crippen molar-refractivity contribution in [2.24, 2.45) is 0 Å². The van der Waals surface area contributed by atoms with E-state index in [4.69, 9.17) is 16.7 Å². The molecule has 14 heavy (non-hydrogen) atoms. The number of rotatable bonds is 3. The van der Waals surface area contributed by atoms with Crippen LogP contribution in [0.3, 0.4) is 0 Å².